The predicted octanol–water partition coefficient (Wildman–Crippen LogP) is 4.49. The van der Waals surface area contributed by atoms with Gasteiger partial charge >= 0.3 is 0 Å². The highest BCUT2D eigenvalue weighted by atomic mass is 16.5. The van der Waals surface area contributed by atoms with Crippen LogP contribution in [0, 0.1) is 11.8 Å². The lowest BCUT2D eigenvalue weighted by Gasteiger charge is -2.46. The molecule has 3 aliphatic rings. The van der Waals surface area contributed by atoms with Crippen LogP contribution in [0.5, 0.6) is 0 Å². The molecule has 6 nitrogen and oxygen atoms in total. The second-order valence-corrected chi connectivity index (χ2v) is 9.87. The van der Waals surface area contributed by atoms with Gasteiger partial charge in [0.15, 0.2) is 5.82 Å². The highest BCUT2D eigenvalue weighted by molar-refractivity contribution is 5.76. The fraction of sp³-hybridized carbons (Fsp3) is 0.870. The minimum atomic E-state index is -0.0598. The van der Waals surface area contributed by atoms with Crippen LogP contribution in [0.1, 0.15) is 95.7 Å². The molecule has 2 aliphatic heterocycles. The third kappa shape index (κ3) is 5.19. The van der Waals surface area contributed by atoms with E-state index in [1.54, 1.807) is 0 Å². The van der Waals surface area contributed by atoms with Crippen LogP contribution in [0.25, 0.3) is 0 Å². The maximum Gasteiger partial charge on any atom is 0.229 e. The van der Waals surface area contributed by atoms with E-state index in [0.717, 1.165) is 82.3 Å². The van der Waals surface area contributed by atoms with E-state index in [1.165, 1.54) is 25.7 Å². The summed E-state index contributed by atoms with van der Waals surface area (Å²) < 4.78 is 11.7. The minimum absolute atomic E-state index is 0.0598. The zero-order valence-corrected chi connectivity index (χ0v) is 18.2. The first-order valence-corrected chi connectivity index (χ1v) is 11.8. The molecule has 1 aromatic rings. The van der Waals surface area contributed by atoms with Crippen molar-refractivity contribution in [2.45, 2.75) is 96.0 Å². The number of hydrogen-bond acceptors (Lipinski definition) is 5. The van der Waals surface area contributed by atoms with Gasteiger partial charge in [0.1, 0.15) is 0 Å². The van der Waals surface area contributed by atoms with Crippen LogP contribution in [-0.2, 0) is 16.0 Å². The molecule has 1 saturated carbocycles. The zero-order valence-electron chi connectivity index (χ0n) is 18.2. The van der Waals surface area contributed by atoms with Crippen LogP contribution < -0.4 is 0 Å². The standard InChI is InChI=1S/C23H37N3O3/c1-17(2)22-24-20(25-29-22)15-19-9-14-28-23(16-19)10-12-26(13-11-23)21(27)8-7-18-5-3-4-6-18/h17-19H,3-16H2,1-2H3. The molecule has 1 amide bonds. The average molecular weight is 404 g/mol. The Morgan fingerprint density at radius 2 is 1.93 bits per heavy atom. The van der Waals surface area contributed by atoms with Crippen LogP contribution in [-0.4, -0.2) is 46.2 Å². The molecule has 1 aliphatic carbocycles. The van der Waals surface area contributed by atoms with Crippen molar-refractivity contribution in [3.05, 3.63) is 11.7 Å². The normalized spacial score (nSPS) is 25.2. The summed E-state index contributed by atoms with van der Waals surface area (Å²) in [4.78, 5) is 19.3. The average Bonchev–Trinajstić information content (AvgIpc) is 3.39. The largest absolute Gasteiger partial charge is 0.375 e. The molecule has 1 unspecified atom stereocenters. The smallest absolute Gasteiger partial charge is 0.229 e. The zero-order chi connectivity index (χ0) is 20.3. The fourth-order valence-corrected chi connectivity index (χ4v) is 5.44. The quantitative estimate of drug-likeness (QED) is 0.700. The molecule has 2 saturated heterocycles. The lowest BCUT2D eigenvalue weighted by molar-refractivity contribution is -0.147. The van der Waals surface area contributed by atoms with Crippen LogP contribution in [0.3, 0.4) is 0 Å². The van der Waals surface area contributed by atoms with Gasteiger partial charge in [-0.25, -0.2) is 0 Å². The Labute approximate surface area is 174 Å². The molecule has 6 heteroatoms. The third-order valence-corrected chi connectivity index (χ3v) is 7.31. The summed E-state index contributed by atoms with van der Waals surface area (Å²) in [6.07, 6.45) is 12.1. The molecule has 1 atom stereocenters. The van der Waals surface area contributed by atoms with Crippen molar-refractivity contribution in [3.63, 3.8) is 0 Å². The number of aromatic nitrogens is 2. The van der Waals surface area contributed by atoms with Crippen molar-refractivity contribution in [3.8, 4) is 0 Å². The summed E-state index contributed by atoms with van der Waals surface area (Å²) in [6.45, 7) is 6.63. The second kappa shape index (κ2) is 9.15. The Balaban J connectivity index is 1.25. The van der Waals surface area contributed by atoms with Crippen molar-refractivity contribution in [1.82, 2.24) is 15.0 Å². The number of ether oxygens (including phenoxy) is 1. The highest BCUT2D eigenvalue weighted by Gasteiger charge is 2.41. The second-order valence-electron chi connectivity index (χ2n) is 9.87. The SMILES string of the molecule is CC(C)c1nc(CC2CCOC3(CCN(C(=O)CCC4CCCC4)CC3)C2)no1. The molecule has 1 aromatic heterocycles. The fourth-order valence-electron chi connectivity index (χ4n) is 5.44. The van der Waals surface area contributed by atoms with Gasteiger partial charge < -0.3 is 14.2 Å². The van der Waals surface area contributed by atoms with Gasteiger partial charge in [0.2, 0.25) is 11.8 Å². The van der Waals surface area contributed by atoms with Gasteiger partial charge in [-0.1, -0.05) is 44.7 Å². The number of hydrogen-bond donors (Lipinski definition) is 0. The number of carbonyl (C=O) groups is 1. The van der Waals surface area contributed by atoms with Gasteiger partial charge in [-0.3, -0.25) is 4.79 Å². The number of carbonyl (C=O) groups excluding carboxylic acids is 1. The van der Waals surface area contributed by atoms with Crippen molar-refractivity contribution in [1.29, 1.82) is 0 Å². The van der Waals surface area contributed by atoms with E-state index in [2.05, 4.69) is 28.9 Å². The first kappa shape index (κ1) is 20.8. The number of nitrogens with zero attached hydrogens (tertiary/aromatic N) is 3. The first-order valence-electron chi connectivity index (χ1n) is 11.8. The topological polar surface area (TPSA) is 68.5 Å². The Bertz CT molecular complexity index is 673. The molecule has 4 rings (SSSR count). The molecular formula is C23H37N3O3. The highest BCUT2D eigenvalue weighted by Crippen LogP contribution is 2.39. The lowest BCUT2D eigenvalue weighted by Crippen LogP contribution is -2.51. The third-order valence-electron chi connectivity index (χ3n) is 7.31. The maximum absolute atomic E-state index is 12.6. The van der Waals surface area contributed by atoms with Gasteiger partial charge in [-0.2, -0.15) is 4.98 Å². The molecule has 3 fully saturated rings. The Hall–Kier alpha value is -1.43. The molecular weight excluding hydrogens is 366 g/mol. The van der Waals surface area contributed by atoms with E-state index in [9.17, 15) is 4.79 Å². The molecule has 0 aromatic carbocycles. The number of amides is 1. The summed E-state index contributed by atoms with van der Waals surface area (Å²) in [5.74, 6) is 3.51. The van der Waals surface area contributed by atoms with Gasteiger partial charge in [-0.15, -0.1) is 0 Å². The summed E-state index contributed by atoms with van der Waals surface area (Å²) in [5.41, 5.74) is -0.0598. The minimum Gasteiger partial charge on any atom is -0.375 e. The molecule has 0 radical (unpaired) electrons. The maximum atomic E-state index is 12.6. The van der Waals surface area contributed by atoms with Crippen molar-refractivity contribution in [2.24, 2.45) is 11.8 Å². The van der Waals surface area contributed by atoms with E-state index in [1.807, 2.05) is 0 Å². The van der Waals surface area contributed by atoms with E-state index >= 15 is 0 Å². The van der Waals surface area contributed by atoms with Crippen LogP contribution in [0.4, 0.5) is 0 Å². The van der Waals surface area contributed by atoms with Gasteiger partial charge in [0.05, 0.1) is 5.60 Å². The number of piperidine rings is 1. The van der Waals surface area contributed by atoms with Crippen LogP contribution >= 0.6 is 0 Å². The van der Waals surface area contributed by atoms with Gasteiger partial charge in [0.25, 0.3) is 0 Å². The molecule has 0 bridgehead atoms. The Morgan fingerprint density at radius 3 is 2.62 bits per heavy atom. The van der Waals surface area contributed by atoms with E-state index < -0.39 is 0 Å². The van der Waals surface area contributed by atoms with Crippen LogP contribution in [0.15, 0.2) is 4.52 Å². The van der Waals surface area contributed by atoms with Crippen molar-refractivity contribution in [2.75, 3.05) is 19.7 Å². The summed E-state index contributed by atoms with van der Waals surface area (Å²) in [6, 6.07) is 0. The lowest BCUT2D eigenvalue weighted by atomic mass is 9.78. The summed E-state index contributed by atoms with van der Waals surface area (Å²) >= 11 is 0. The van der Waals surface area contributed by atoms with Crippen molar-refractivity contribution >= 4 is 5.91 Å². The molecule has 29 heavy (non-hydrogen) atoms. The van der Waals surface area contributed by atoms with E-state index in [0.29, 0.717) is 11.8 Å². The van der Waals surface area contributed by atoms with Crippen molar-refractivity contribution < 1.29 is 14.1 Å². The van der Waals surface area contributed by atoms with E-state index in [-0.39, 0.29) is 11.5 Å². The summed E-state index contributed by atoms with van der Waals surface area (Å²) in [7, 11) is 0. The first-order chi connectivity index (χ1) is 14.0. The monoisotopic (exact) mass is 403 g/mol. The van der Waals surface area contributed by atoms with Crippen LogP contribution in [0.2, 0.25) is 0 Å². The molecule has 3 heterocycles. The number of rotatable bonds is 6. The number of likely N-dealkylation sites (tertiary alicyclic amines) is 1. The Kier molecular flexibility index (Phi) is 6.57. The molecule has 0 N–H and O–H groups in total. The van der Waals surface area contributed by atoms with E-state index in [4.69, 9.17) is 9.26 Å². The Morgan fingerprint density at radius 1 is 1.17 bits per heavy atom. The predicted molar refractivity (Wildman–Crippen MR) is 111 cm³/mol. The van der Waals surface area contributed by atoms with Gasteiger partial charge in [0, 0.05) is 38.5 Å². The van der Waals surface area contributed by atoms with Gasteiger partial charge in [-0.05, 0) is 43.9 Å². The summed E-state index contributed by atoms with van der Waals surface area (Å²) in [5, 5.41) is 4.17. The molecule has 1 spiro atoms. The molecule has 162 valence electrons.